The highest BCUT2D eigenvalue weighted by molar-refractivity contribution is 7.15. The van der Waals surface area contributed by atoms with Gasteiger partial charge in [-0.1, -0.05) is 12.1 Å². The summed E-state index contributed by atoms with van der Waals surface area (Å²) in [6.45, 7) is 4.59. The fourth-order valence-corrected chi connectivity index (χ4v) is 5.58. The van der Waals surface area contributed by atoms with Crippen molar-refractivity contribution < 1.29 is 14.0 Å². The summed E-state index contributed by atoms with van der Waals surface area (Å²) in [6, 6.07) is 6.08. The van der Waals surface area contributed by atoms with Crippen molar-refractivity contribution >= 4 is 39.4 Å². The van der Waals surface area contributed by atoms with E-state index in [-0.39, 0.29) is 23.7 Å². The number of thiazole rings is 2. The number of nitrogens with one attached hydrogen (secondary N) is 1. The zero-order chi connectivity index (χ0) is 22.4. The Morgan fingerprint density at radius 3 is 2.88 bits per heavy atom. The SMILES string of the molecule is Cc1nc(C(=O)N2CC[C@H]2CNC(=O)c2c(C)nc3sccn23)c(-c2cccc(F)c2)s1. The number of carbonyl (C=O) groups is 2. The first kappa shape index (κ1) is 20.8. The van der Waals surface area contributed by atoms with Crippen molar-refractivity contribution in [3.8, 4) is 10.4 Å². The smallest absolute Gasteiger partial charge is 0.274 e. The van der Waals surface area contributed by atoms with Gasteiger partial charge in [0, 0.05) is 24.7 Å². The molecule has 0 unspecified atom stereocenters. The van der Waals surface area contributed by atoms with Crippen LogP contribution in [-0.2, 0) is 0 Å². The minimum Gasteiger partial charge on any atom is -0.349 e. The summed E-state index contributed by atoms with van der Waals surface area (Å²) in [4.78, 5) is 38.0. The van der Waals surface area contributed by atoms with Crippen molar-refractivity contribution in [3.63, 3.8) is 0 Å². The molecule has 32 heavy (non-hydrogen) atoms. The number of hydrogen-bond donors (Lipinski definition) is 1. The molecule has 1 N–H and O–H groups in total. The van der Waals surface area contributed by atoms with Crippen LogP contribution in [0.2, 0.25) is 0 Å². The lowest BCUT2D eigenvalue weighted by atomic mass is 10.0. The maximum atomic E-state index is 13.7. The zero-order valence-electron chi connectivity index (χ0n) is 17.5. The highest BCUT2D eigenvalue weighted by Crippen LogP contribution is 2.33. The van der Waals surface area contributed by atoms with Crippen LogP contribution in [0.15, 0.2) is 35.8 Å². The maximum absolute atomic E-state index is 13.7. The van der Waals surface area contributed by atoms with Gasteiger partial charge in [0.1, 0.15) is 17.2 Å². The molecule has 1 saturated heterocycles. The second-order valence-corrected chi connectivity index (χ2v) is 9.75. The lowest BCUT2D eigenvalue weighted by Gasteiger charge is -2.40. The third-order valence-electron chi connectivity index (χ3n) is 5.58. The molecule has 0 spiro atoms. The average molecular weight is 470 g/mol. The first-order chi connectivity index (χ1) is 15.4. The monoisotopic (exact) mass is 469 g/mol. The van der Waals surface area contributed by atoms with Crippen LogP contribution in [0, 0.1) is 19.7 Å². The Balaban J connectivity index is 1.31. The summed E-state index contributed by atoms with van der Waals surface area (Å²) in [5, 5.41) is 5.58. The zero-order valence-corrected chi connectivity index (χ0v) is 19.1. The van der Waals surface area contributed by atoms with Crippen molar-refractivity contribution in [2.75, 3.05) is 13.1 Å². The van der Waals surface area contributed by atoms with Gasteiger partial charge in [0.25, 0.3) is 11.8 Å². The predicted octanol–water partition coefficient (Wildman–Crippen LogP) is 3.92. The second kappa shape index (κ2) is 8.10. The molecule has 2 amide bonds. The van der Waals surface area contributed by atoms with E-state index in [9.17, 15) is 14.0 Å². The van der Waals surface area contributed by atoms with Gasteiger partial charge in [-0.05, 0) is 38.0 Å². The molecule has 1 aliphatic rings. The molecular weight excluding hydrogens is 449 g/mol. The first-order valence-electron chi connectivity index (χ1n) is 10.2. The van der Waals surface area contributed by atoms with Gasteiger partial charge in [-0.25, -0.2) is 14.4 Å². The first-order valence-corrected chi connectivity index (χ1v) is 11.9. The van der Waals surface area contributed by atoms with Crippen LogP contribution in [-0.4, -0.2) is 50.2 Å². The van der Waals surface area contributed by atoms with Gasteiger partial charge >= 0.3 is 0 Å². The Kier molecular flexibility index (Phi) is 5.26. The normalized spacial score (nSPS) is 15.7. The van der Waals surface area contributed by atoms with Gasteiger partial charge in [-0.15, -0.1) is 22.7 Å². The number of benzene rings is 1. The number of rotatable bonds is 5. The quantitative estimate of drug-likeness (QED) is 0.481. The molecule has 0 aliphatic carbocycles. The molecule has 1 atom stereocenters. The molecule has 5 rings (SSSR count). The maximum Gasteiger partial charge on any atom is 0.274 e. The largest absolute Gasteiger partial charge is 0.349 e. The van der Waals surface area contributed by atoms with Gasteiger partial charge in [0.05, 0.1) is 21.6 Å². The second-order valence-electron chi connectivity index (χ2n) is 7.67. The Bertz CT molecular complexity index is 1340. The highest BCUT2D eigenvalue weighted by atomic mass is 32.1. The van der Waals surface area contributed by atoms with Gasteiger partial charge < -0.3 is 10.2 Å². The molecule has 7 nitrogen and oxygen atoms in total. The van der Waals surface area contributed by atoms with Crippen molar-refractivity contribution in [1.82, 2.24) is 24.6 Å². The van der Waals surface area contributed by atoms with Gasteiger partial charge in [0.2, 0.25) is 0 Å². The van der Waals surface area contributed by atoms with E-state index in [1.165, 1.54) is 34.8 Å². The molecule has 1 fully saturated rings. The molecule has 164 valence electrons. The Morgan fingerprint density at radius 2 is 2.12 bits per heavy atom. The van der Waals surface area contributed by atoms with Gasteiger partial charge in [-0.2, -0.15) is 0 Å². The lowest BCUT2D eigenvalue weighted by Crippen LogP contribution is -2.56. The molecular formula is C22H20FN5O2S2. The van der Waals surface area contributed by atoms with E-state index in [1.54, 1.807) is 21.4 Å². The van der Waals surface area contributed by atoms with Crippen molar-refractivity contribution in [1.29, 1.82) is 0 Å². The minimum absolute atomic E-state index is 0.111. The molecule has 4 heterocycles. The summed E-state index contributed by atoms with van der Waals surface area (Å²) in [5.41, 5.74) is 2.16. The van der Waals surface area contributed by atoms with Crippen molar-refractivity contribution in [2.45, 2.75) is 26.3 Å². The molecule has 10 heteroatoms. The van der Waals surface area contributed by atoms with Crippen LogP contribution < -0.4 is 5.32 Å². The fourth-order valence-electron chi connectivity index (χ4n) is 3.92. The van der Waals surface area contributed by atoms with Gasteiger partial charge in [-0.3, -0.25) is 14.0 Å². The number of nitrogens with zero attached hydrogens (tertiary/aromatic N) is 4. The summed E-state index contributed by atoms with van der Waals surface area (Å²) >= 11 is 2.85. The van der Waals surface area contributed by atoms with E-state index in [1.807, 2.05) is 25.4 Å². The van der Waals surface area contributed by atoms with E-state index in [0.29, 0.717) is 40.6 Å². The molecule has 0 radical (unpaired) electrons. The summed E-state index contributed by atoms with van der Waals surface area (Å²) in [5.74, 6) is -0.760. The lowest BCUT2D eigenvalue weighted by molar-refractivity contribution is 0.0451. The van der Waals surface area contributed by atoms with Crippen LogP contribution in [0.25, 0.3) is 15.4 Å². The molecule has 0 bridgehead atoms. The number of aromatic nitrogens is 3. The van der Waals surface area contributed by atoms with E-state index in [2.05, 4.69) is 15.3 Å². The molecule has 4 aromatic rings. The standard InChI is InChI=1S/C22H20FN5O2S2/c1-12-18(28-8-9-31-22(28)25-12)20(29)24-11-16-6-7-27(16)21(30)17-19(32-13(2)26-17)14-4-3-5-15(23)10-14/h3-5,8-10,16H,6-7,11H2,1-2H3,(H,24,29)/t16-/m0/s1. The number of imidazole rings is 1. The number of aryl methyl sites for hydroxylation is 2. The topological polar surface area (TPSA) is 79.6 Å². The third kappa shape index (κ3) is 3.59. The van der Waals surface area contributed by atoms with Crippen LogP contribution in [0.3, 0.4) is 0 Å². The van der Waals surface area contributed by atoms with E-state index in [0.717, 1.165) is 16.4 Å². The highest BCUT2D eigenvalue weighted by Gasteiger charge is 2.35. The fraction of sp³-hybridized carbons (Fsp3) is 0.273. The number of fused-ring (bicyclic) bond motifs is 1. The van der Waals surface area contributed by atoms with Crippen LogP contribution in [0.4, 0.5) is 4.39 Å². The van der Waals surface area contributed by atoms with Crippen LogP contribution >= 0.6 is 22.7 Å². The summed E-state index contributed by atoms with van der Waals surface area (Å²) in [7, 11) is 0. The van der Waals surface area contributed by atoms with Crippen LogP contribution in [0.1, 0.15) is 38.1 Å². The number of carbonyl (C=O) groups excluding carboxylic acids is 2. The number of halogens is 1. The Labute approximate surface area is 191 Å². The Morgan fingerprint density at radius 1 is 1.28 bits per heavy atom. The van der Waals surface area contributed by atoms with E-state index >= 15 is 0 Å². The third-order valence-corrected chi connectivity index (χ3v) is 7.35. The van der Waals surface area contributed by atoms with Crippen molar-refractivity contribution in [3.05, 3.63) is 63.7 Å². The van der Waals surface area contributed by atoms with Crippen molar-refractivity contribution in [2.24, 2.45) is 0 Å². The van der Waals surface area contributed by atoms with E-state index < -0.39 is 0 Å². The Hall–Kier alpha value is -3.11. The van der Waals surface area contributed by atoms with Gasteiger partial charge in [0.15, 0.2) is 4.96 Å². The van der Waals surface area contributed by atoms with Crippen LogP contribution in [0.5, 0.6) is 0 Å². The molecule has 0 saturated carbocycles. The molecule has 1 aliphatic heterocycles. The molecule has 3 aromatic heterocycles. The van der Waals surface area contributed by atoms with E-state index in [4.69, 9.17) is 0 Å². The number of amides is 2. The predicted molar refractivity (Wildman–Crippen MR) is 122 cm³/mol. The molecule has 1 aromatic carbocycles. The minimum atomic E-state index is -0.355. The number of likely N-dealkylation sites (tertiary alicyclic amines) is 1. The summed E-state index contributed by atoms with van der Waals surface area (Å²) < 4.78 is 15.5. The average Bonchev–Trinajstić information content (AvgIpc) is 3.41. The summed E-state index contributed by atoms with van der Waals surface area (Å²) in [6.07, 6.45) is 2.62. The number of hydrogen-bond acceptors (Lipinski definition) is 6.